The van der Waals surface area contributed by atoms with Gasteiger partial charge in [-0.3, -0.25) is 9.59 Å². The predicted molar refractivity (Wildman–Crippen MR) is 116 cm³/mol. The monoisotopic (exact) mass is 393 g/mol. The highest BCUT2D eigenvalue weighted by atomic mass is 16.2. The molecule has 4 nitrogen and oxygen atoms in total. The standard InChI is InChI=1S/C25H32N2O2/c1-19-6-11-23(16-20(19)2)24(28)12-13-25(29)26-17-21-7-9-22(10-8-21)18-27-14-4-3-5-15-27/h6-11,16H,3-5,12-15,17-18H2,1-2H3,(H,26,29)/p+1. The SMILES string of the molecule is Cc1ccc(C(=O)CCC(=O)NCc2ccc(C[NH+]3CCCCC3)cc2)cc1C. The van der Waals surface area contributed by atoms with Crippen LogP contribution in [0.5, 0.6) is 0 Å². The van der Waals surface area contributed by atoms with Crippen LogP contribution in [0.4, 0.5) is 0 Å². The molecular formula is C25H33N2O2+. The topological polar surface area (TPSA) is 50.6 Å². The van der Waals surface area contributed by atoms with E-state index < -0.39 is 0 Å². The average molecular weight is 394 g/mol. The number of aryl methyl sites for hydroxylation is 2. The lowest BCUT2D eigenvalue weighted by atomic mass is 10.0. The molecule has 1 aliphatic heterocycles. The Kier molecular flexibility index (Phi) is 7.59. The molecule has 154 valence electrons. The summed E-state index contributed by atoms with van der Waals surface area (Å²) in [6.45, 7) is 8.18. The van der Waals surface area contributed by atoms with Crippen molar-refractivity contribution >= 4 is 11.7 Å². The summed E-state index contributed by atoms with van der Waals surface area (Å²) in [6, 6.07) is 14.2. The van der Waals surface area contributed by atoms with Gasteiger partial charge in [-0.25, -0.2) is 0 Å². The molecule has 1 heterocycles. The molecule has 2 aromatic carbocycles. The molecule has 0 spiro atoms. The Morgan fingerprint density at radius 3 is 2.24 bits per heavy atom. The summed E-state index contributed by atoms with van der Waals surface area (Å²) in [7, 11) is 0. The van der Waals surface area contributed by atoms with Crippen molar-refractivity contribution in [1.82, 2.24) is 5.32 Å². The van der Waals surface area contributed by atoms with Crippen LogP contribution in [0.15, 0.2) is 42.5 Å². The third kappa shape index (κ3) is 6.53. The van der Waals surface area contributed by atoms with E-state index >= 15 is 0 Å². The van der Waals surface area contributed by atoms with Crippen LogP contribution in [0, 0.1) is 13.8 Å². The van der Waals surface area contributed by atoms with E-state index in [0.717, 1.165) is 17.7 Å². The number of ketones is 1. The van der Waals surface area contributed by atoms with Gasteiger partial charge in [-0.1, -0.05) is 36.4 Å². The summed E-state index contributed by atoms with van der Waals surface area (Å²) in [6.07, 6.45) is 4.52. The number of amides is 1. The molecule has 0 radical (unpaired) electrons. The number of benzene rings is 2. The van der Waals surface area contributed by atoms with Gasteiger partial charge in [-0.2, -0.15) is 0 Å². The maximum atomic E-state index is 12.3. The molecule has 0 unspecified atom stereocenters. The minimum atomic E-state index is -0.0796. The van der Waals surface area contributed by atoms with E-state index in [1.54, 1.807) is 4.90 Å². The van der Waals surface area contributed by atoms with Crippen LogP contribution in [-0.2, 0) is 17.9 Å². The first-order valence-electron chi connectivity index (χ1n) is 10.8. The molecular weight excluding hydrogens is 360 g/mol. The molecule has 1 fully saturated rings. The second-order valence-electron chi connectivity index (χ2n) is 8.30. The van der Waals surface area contributed by atoms with Crippen molar-refractivity contribution < 1.29 is 14.5 Å². The van der Waals surface area contributed by atoms with Gasteiger partial charge in [0, 0.05) is 30.5 Å². The molecule has 0 aliphatic carbocycles. The highest BCUT2D eigenvalue weighted by molar-refractivity contribution is 5.98. The molecule has 0 saturated carbocycles. The van der Waals surface area contributed by atoms with Crippen molar-refractivity contribution in [2.24, 2.45) is 0 Å². The van der Waals surface area contributed by atoms with Crippen LogP contribution in [0.25, 0.3) is 0 Å². The predicted octanol–water partition coefficient (Wildman–Crippen LogP) is 3.15. The van der Waals surface area contributed by atoms with Crippen LogP contribution in [0.1, 0.15) is 64.7 Å². The molecule has 3 rings (SSSR count). The molecule has 0 aromatic heterocycles. The van der Waals surface area contributed by atoms with Crippen molar-refractivity contribution in [3.05, 3.63) is 70.3 Å². The highest BCUT2D eigenvalue weighted by Gasteiger charge is 2.14. The fourth-order valence-corrected chi connectivity index (χ4v) is 3.87. The quantitative estimate of drug-likeness (QED) is 0.677. The second kappa shape index (κ2) is 10.4. The third-order valence-electron chi connectivity index (χ3n) is 5.94. The molecule has 1 aliphatic rings. The summed E-state index contributed by atoms with van der Waals surface area (Å²) in [5.74, 6) is -0.0585. The summed E-state index contributed by atoms with van der Waals surface area (Å²) in [4.78, 5) is 26.1. The molecule has 1 amide bonds. The first-order chi connectivity index (χ1) is 14.0. The Hall–Kier alpha value is -2.46. The van der Waals surface area contributed by atoms with Gasteiger partial charge in [0.15, 0.2) is 5.78 Å². The summed E-state index contributed by atoms with van der Waals surface area (Å²) in [5.41, 5.74) is 5.41. The van der Waals surface area contributed by atoms with Crippen LogP contribution >= 0.6 is 0 Å². The smallest absolute Gasteiger partial charge is 0.220 e. The van der Waals surface area contributed by atoms with Gasteiger partial charge in [0.1, 0.15) is 6.54 Å². The Morgan fingerprint density at radius 2 is 1.55 bits per heavy atom. The number of hydrogen-bond donors (Lipinski definition) is 2. The van der Waals surface area contributed by atoms with Crippen LogP contribution < -0.4 is 10.2 Å². The zero-order chi connectivity index (χ0) is 20.6. The van der Waals surface area contributed by atoms with Gasteiger partial charge in [-0.15, -0.1) is 0 Å². The average Bonchev–Trinajstić information content (AvgIpc) is 2.74. The molecule has 0 atom stereocenters. The molecule has 29 heavy (non-hydrogen) atoms. The van der Waals surface area contributed by atoms with Gasteiger partial charge in [0.05, 0.1) is 13.1 Å². The number of nitrogens with one attached hydrogen (secondary N) is 2. The van der Waals surface area contributed by atoms with E-state index in [-0.39, 0.29) is 24.5 Å². The van der Waals surface area contributed by atoms with Crippen molar-refractivity contribution in [2.45, 2.75) is 59.0 Å². The van der Waals surface area contributed by atoms with Crippen molar-refractivity contribution in [1.29, 1.82) is 0 Å². The number of Topliss-reactive ketones (excluding diaryl/α,β-unsaturated/α-hetero) is 1. The van der Waals surface area contributed by atoms with E-state index in [4.69, 9.17) is 0 Å². The number of hydrogen-bond acceptors (Lipinski definition) is 2. The highest BCUT2D eigenvalue weighted by Crippen LogP contribution is 2.12. The number of quaternary nitrogens is 1. The van der Waals surface area contributed by atoms with Gasteiger partial charge in [-0.05, 0) is 55.9 Å². The van der Waals surface area contributed by atoms with Gasteiger partial charge in [0.2, 0.25) is 5.91 Å². The minimum Gasteiger partial charge on any atom is -0.352 e. The minimum absolute atomic E-state index is 0.0211. The van der Waals surface area contributed by atoms with E-state index in [9.17, 15) is 9.59 Å². The van der Waals surface area contributed by atoms with E-state index in [1.165, 1.54) is 43.5 Å². The first kappa shape index (κ1) is 21.3. The fourth-order valence-electron chi connectivity index (χ4n) is 3.87. The first-order valence-corrected chi connectivity index (χ1v) is 10.8. The molecule has 2 aromatic rings. The normalized spacial score (nSPS) is 14.6. The molecule has 4 heteroatoms. The van der Waals surface area contributed by atoms with Crippen molar-refractivity contribution in [2.75, 3.05) is 13.1 Å². The van der Waals surface area contributed by atoms with E-state index in [2.05, 4.69) is 29.6 Å². The summed E-state index contributed by atoms with van der Waals surface area (Å²) < 4.78 is 0. The van der Waals surface area contributed by atoms with Crippen molar-refractivity contribution in [3.63, 3.8) is 0 Å². The summed E-state index contributed by atoms with van der Waals surface area (Å²) in [5, 5.41) is 2.93. The number of rotatable bonds is 8. The van der Waals surface area contributed by atoms with Gasteiger partial charge in [0.25, 0.3) is 0 Å². The lowest BCUT2D eigenvalue weighted by molar-refractivity contribution is -0.918. The largest absolute Gasteiger partial charge is 0.352 e. The zero-order valence-electron chi connectivity index (χ0n) is 17.7. The van der Waals surface area contributed by atoms with Crippen LogP contribution in [-0.4, -0.2) is 24.8 Å². The molecule has 0 bridgehead atoms. The van der Waals surface area contributed by atoms with E-state index in [1.807, 2.05) is 32.0 Å². The number of carbonyl (C=O) groups excluding carboxylic acids is 2. The number of piperidine rings is 1. The maximum absolute atomic E-state index is 12.3. The number of likely N-dealkylation sites (tertiary alicyclic amines) is 1. The second-order valence-corrected chi connectivity index (χ2v) is 8.30. The molecule has 1 saturated heterocycles. The van der Waals surface area contributed by atoms with Crippen LogP contribution in [0.2, 0.25) is 0 Å². The lowest BCUT2D eigenvalue weighted by Crippen LogP contribution is -3.11. The van der Waals surface area contributed by atoms with Crippen molar-refractivity contribution in [3.8, 4) is 0 Å². The fraction of sp³-hybridized carbons (Fsp3) is 0.440. The summed E-state index contributed by atoms with van der Waals surface area (Å²) >= 11 is 0. The lowest BCUT2D eigenvalue weighted by Gasteiger charge is -2.23. The number of carbonyl (C=O) groups is 2. The Balaban J connectivity index is 1.40. The maximum Gasteiger partial charge on any atom is 0.220 e. The van der Waals surface area contributed by atoms with Crippen LogP contribution in [0.3, 0.4) is 0 Å². The zero-order valence-corrected chi connectivity index (χ0v) is 17.7. The van der Waals surface area contributed by atoms with Gasteiger partial charge < -0.3 is 10.2 Å². The Bertz CT molecular complexity index is 836. The Morgan fingerprint density at radius 1 is 0.862 bits per heavy atom. The van der Waals surface area contributed by atoms with E-state index in [0.29, 0.717) is 12.1 Å². The Labute approximate surface area is 174 Å². The molecule has 2 N–H and O–H groups in total. The third-order valence-corrected chi connectivity index (χ3v) is 5.94. The van der Waals surface area contributed by atoms with Gasteiger partial charge >= 0.3 is 0 Å².